The van der Waals surface area contributed by atoms with Gasteiger partial charge in [-0.2, -0.15) is 0 Å². The number of carbonyl (C=O) groups excluding carboxylic acids is 2. The Bertz CT molecular complexity index is 1510. The molecule has 0 aliphatic carbocycles. The van der Waals surface area contributed by atoms with E-state index in [4.69, 9.17) is 19.4 Å². The van der Waals surface area contributed by atoms with Gasteiger partial charge in [0.1, 0.15) is 30.4 Å². The number of rotatable bonds is 9. The van der Waals surface area contributed by atoms with Crippen molar-refractivity contribution in [2.24, 2.45) is 0 Å². The zero-order chi connectivity index (χ0) is 31.4. The average molecular weight is 614 g/mol. The van der Waals surface area contributed by atoms with E-state index < -0.39 is 23.8 Å². The quantitative estimate of drug-likeness (QED) is 0.308. The highest BCUT2D eigenvalue weighted by atomic mass is 16.6. The first-order valence-electron chi connectivity index (χ1n) is 16.1. The number of ether oxygens (including phenoxy) is 2. The van der Waals surface area contributed by atoms with E-state index in [2.05, 4.69) is 39.6 Å². The molecule has 2 fully saturated rings. The van der Waals surface area contributed by atoms with Crippen molar-refractivity contribution in [3.05, 3.63) is 71.2 Å². The van der Waals surface area contributed by atoms with E-state index in [1.165, 1.54) is 16.2 Å². The molecule has 1 unspecified atom stereocenters. The zero-order valence-electron chi connectivity index (χ0n) is 26.4. The molecule has 2 N–H and O–H groups in total. The fourth-order valence-electron chi connectivity index (χ4n) is 6.61. The zero-order valence-corrected chi connectivity index (χ0v) is 26.4. The highest BCUT2D eigenvalue weighted by Gasteiger charge is 2.51. The van der Waals surface area contributed by atoms with Crippen LogP contribution in [-0.2, 0) is 33.7 Å². The number of nitrogens with zero attached hydrogens (tertiary/aromatic N) is 5. The van der Waals surface area contributed by atoms with Crippen LogP contribution in [0.5, 0.6) is 0 Å². The van der Waals surface area contributed by atoms with Crippen LogP contribution in [0.15, 0.2) is 48.8 Å². The molecule has 1 amide bonds. The van der Waals surface area contributed by atoms with Crippen molar-refractivity contribution < 1.29 is 19.1 Å². The third-order valence-electron chi connectivity index (χ3n) is 8.93. The van der Waals surface area contributed by atoms with Crippen molar-refractivity contribution in [2.45, 2.75) is 83.6 Å². The molecule has 0 saturated carbocycles. The van der Waals surface area contributed by atoms with E-state index in [1.54, 1.807) is 20.2 Å². The molecular formula is C34H43N7O4. The molecule has 0 spiro atoms. The molecule has 11 heteroatoms. The SMILES string of the molecule is CCCc1c(NCC2C(=O)OC(C)(C)N2C(=O)OCc2ccccc2)ncnc1N1CCC(c2ccc3c(n2)NCCC3)CC1. The minimum Gasteiger partial charge on any atom is -0.444 e. The summed E-state index contributed by atoms with van der Waals surface area (Å²) >= 11 is 0. The molecule has 6 rings (SSSR count). The maximum absolute atomic E-state index is 13.2. The second-order valence-electron chi connectivity index (χ2n) is 12.5. The average Bonchev–Trinajstić information content (AvgIpc) is 3.30. The first-order valence-corrected chi connectivity index (χ1v) is 16.1. The van der Waals surface area contributed by atoms with E-state index >= 15 is 0 Å². The normalized spacial score (nSPS) is 19.4. The predicted molar refractivity (Wildman–Crippen MR) is 172 cm³/mol. The molecule has 1 atom stereocenters. The summed E-state index contributed by atoms with van der Waals surface area (Å²) in [6, 6.07) is 13.0. The summed E-state index contributed by atoms with van der Waals surface area (Å²) < 4.78 is 11.2. The number of hydrogen-bond acceptors (Lipinski definition) is 10. The monoisotopic (exact) mass is 613 g/mol. The molecule has 5 heterocycles. The standard InChI is InChI=1S/C34H43N7O4/c1-4-9-26-30(36-20-28-32(42)45-34(2,3)41(28)33(43)44-21-23-10-6-5-7-11-23)37-22-38-31(26)40-18-15-24(16-19-40)27-14-13-25-12-8-17-35-29(25)39-27/h5-7,10-11,13-14,22,24,28H,4,8-9,12,15-21H2,1-3H3,(H,35,39)(H,36,37,38). The van der Waals surface area contributed by atoms with E-state index in [0.717, 1.165) is 80.9 Å². The molecule has 45 heavy (non-hydrogen) atoms. The Morgan fingerprint density at radius 3 is 2.71 bits per heavy atom. The van der Waals surface area contributed by atoms with Gasteiger partial charge in [-0.05, 0) is 63.1 Å². The molecule has 11 nitrogen and oxygen atoms in total. The lowest BCUT2D eigenvalue weighted by atomic mass is 9.92. The first kappa shape index (κ1) is 30.6. The lowest BCUT2D eigenvalue weighted by Crippen LogP contribution is -2.50. The van der Waals surface area contributed by atoms with Gasteiger partial charge in [-0.25, -0.2) is 24.5 Å². The van der Waals surface area contributed by atoms with Gasteiger partial charge in [-0.1, -0.05) is 49.7 Å². The Labute approximate surface area is 264 Å². The summed E-state index contributed by atoms with van der Waals surface area (Å²) in [5.74, 6) is 2.57. The molecule has 1 aromatic carbocycles. The number of pyridine rings is 1. The minimum atomic E-state index is -1.15. The van der Waals surface area contributed by atoms with Gasteiger partial charge in [0.25, 0.3) is 0 Å². The highest BCUT2D eigenvalue weighted by Crippen LogP contribution is 2.35. The molecule has 0 radical (unpaired) electrons. The molecule has 0 bridgehead atoms. The third kappa shape index (κ3) is 6.67. The summed E-state index contributed by atoms with van der Waals surface area (Å²) in [6.45, 7) is 8.48. The molecule has 238 valence electrons. The van der Waals surface area contributed by atoms with Gasteiger partial charge in [-0.3, -0.25) is 4.90 Å². The molecule has 3 aliphatic heterocycles. The van der Waals surface area contributed by atoms with Crippen LogP contribution in [0.1, 0.15) is 74.8 Å². The third-order valence-corrected chi connectivity index (χ3v) is 8.93. The second kappa shape index (κ2) is 13.3. The second-order valence-corrected chi connectivity index (χ2v) is 12.5. The van der Waals surface area contributed by atoms with Gasteiger partial charge in [0, 0.05) is 43.4 Å². The van der Waals surface area contributed by atoms with Crippen molar-refractivity contribution in [3.8, 4) is 0 Å². The van der Waals surface area contributed by atoms with Gasteiger partial charge in [0.2, 0.25) is 0 Å². The predicted octanol–water partition coefficient (Wildman–Crippen LogP) is 5.28. The van der Waals surface area contributed by atoms with Crippen LogP contribution in [0.25, 0.3) is 0 Å². The van der Waals surface area contributed by atoms with Gasteiger partial charge in [0.05, 0.1) is 0 Å². The largest absolute Gasteiger partial charge is 0.444 e. The number of anilines is 3. The molecule has 2 saturated heterocycles. The van der Waals surface area contributed by atoms with Gasteiger partial charge < -0.3 is 25.0 Å². The van der Waals surface area contributed by atoms with E-state index in [-0.39, 0.29) is 13.2 Å². The maximum Gasteiger partial charge on any atom is 0.414 e. The Morgan fingerprint density at radius 2 is 1.93 bits per heavy atom. The van der Waals surface area contributed by atoms with Crippen molar-refractivity contribution in [3.63, 3.8) is 0 Å². The van der Waals surface area contributed by atoms with Crippen molar-refractivity contribution in [1.29, 1.82) is 0 Å². The van der Waals surface area contributed by atoms with E-state index in [9.17, 15) is 9.59 Å². The number of esters is 1. The summed E-state index contributed by atoms with van der Waals surface area (Å²) in [7, 11) is 0. The molecule has 3 aliphatic rings. The van der Waals surface area contributed by atoms with Crippen LogP contribution in [0, 0.1) is 0 Å². The number of hydrogen-bond donors (Lipinski definition) is 2. The number of aromatic nitrogens is 3. The van der Waals surface area contributed by atoms with Crippen LogP contribution >= 0.6 is 0 Å². The van der Waals surface area contributed by atoms with Crippen LogP contribution in [-0.4, -0.2) is 69.9 Å². The van der Waals surface area contributed by atoms with Crippen LogP contribution in [0.2, 0.25) is 0 Å². The Hall–Kier alpha value is -4.41. The first-order chi connectivity index (χ1) is 21.8. The molecule has 2 aromatic heterocycles. The lowest BCUT2D eigenvalue weighted by Gasteiger charge is -2.34. The number of piperidine rings is 1. The number of benzene rings is 1. The summed E-state index contributed by atoms with van der Waals surface area (Å²) in [5.41, 5.74) is 3.21. The van der Waals surface area contributed by atoms with Gasteiger partial charge >= 0.3 is 12.1 Å². The number of aryl methyl sites for hydroxylation is 1. The topological polar surface area (TPSA) is 122 Å². The lowest BCUT2D eigenvalue weighted by molar-refractivity contribution is -0.148. The molecule has 3 aromatic rings. The number of fused-ring (bicyclic) bond motifs is 1. The summed E-state index contributed by atoms with van der Waals surface area (Å²) in [4.78, 5) is 44.2. The van der Waals surface area contributed by atoms with E-state index in [1.807, 2.05) is 30.3 Å². The smallest absolute Gasteiger partial charge is 0.414 e. The van der Waals surface area contributed by atoms with Crippen molar-refractivity contribution in [2.75, 3.05) is 41.7 Å². The maximum atomic E-state index is 13.2. The fraction of sp³-hybridized carbons (Fsp3) is 0.500. The minimum absolute atomic E-state index is 0.104. The van der Waals surface area contributed by atoms with E-state index in [0.29, 0.717) is 11.7 Å². The Kier molecular flexibility index (Phi) is 9.04. The van der Waals surface area contributed by atoms with Crippen LogP contribution in [0.4, 0.5) is 22.2 Å². The summed E-state index contributed by atoms with van der Waals surface area (Å²) in [6.07, 6.45) is 6.89. The Morgan fingerprint density at radius 1 is 1.13 bits per heavy atom. The highest BCUT2D eigenvalue weighted by molar-refractivity contribution is 5.86. The van der Waals surface area contributed by atoms with Crippen molar-refractivity contribution in [1.82, 2.24) is 19.9 Å². The number of nitrogens with one attached hydrogen (secondary N) is 2. The van der Waals surface area contributed by atoms with Gasteiger partial charge in [0.15, 0.2) is 11.8 Å². The fourth-order valence-corrected chi connectivity index (χ4v) is 6.61. The number of amides is 1. The number of cyclic esters (lactones) is 1. The van der Waals surface area contributed by atoms with Crippen LogP contribution < -0.4 is 15.5 Å². The number of carbonyl (C=O) groups is 2. The molecular weight excluding hydrogens is 570 g/mol. The Balaban J connectivity index is 1.13. The van der Waals surface area contributed by atoms with Crippen molar-refractivity contribution >= 4 is 29.5 Å². The van der Waals surface area contributed by atoms with Crippen LogP contribution in [0.3, 0.4) is 0 Å². The van der Waals surface area contributed by atoms with Gasteiger partial charge in [-0.15, -0.1) is 0 Å². The summed E-state index contributed by atoms with van der Waals surface area (Å²) in [5, 5.41) is 6.83.